The summed E-state index contributed by atoms with van der Waals surface area (Å²) in [4.78, 5) is 26.6. The topological polar surface area (TPSA) is 61.4 Å². The number of carbonyl (C=O) groups is 2. The molecule has 0 fully saturated rings. The molecule has 5 nitrogen and oxygen atoms in total. The van der Waals surface area contributed by atoms with E-state index < -0.39 is 0 Å². The SMILES string of the molecule is CN(Cc1ccccc1Br)C(=O)Nc1ccccc1C(=O)NC(C)(C)C. The second-order valence-corrected chi connectivity index (χ2v) is 7.98. The molecule has 0 atom stereocenters. The number of urea groups is 1. The summed E-state index contributed by atoms with van der Waals surface area (Å²) in [5.74, 6) is -0.221. The number of anilines is 1. The van der Waals surface area contributed by atoms with E-state index >= 15 is 0 Å². The van der Waals surface area contributed by atoms with Crippen LogP contribution in [0.2, 0.25) is 0 Å². The number of rotatable bonds is 4. The van der Waals surface area contributed by atoms with Crippen molar-refractivity contribution in [2.45, 2.75) is 32.9 Å². The normalized spacial score (nSPS) is 11.0. The summed E-state index contributed by atoms with van der Waals surface area (Å²) in [6.45, 7) is 6.19. The molecule has 0 heterocycles. The van der Waals surface area contributed by atoms with E-state index in [1.165, 1.54) is 0 Å². The summed E-state index contributed by atoms with van der Waals surface area (Å²) in [7, 11) is 1.71. The van der Waals surface area contributed by atoms with Crippen molar-refractivity contribution in [1.29, 1.82) is 0 Å². The zero-order valence-corrected chi connectivity index (χ0v) is 17.1. The molecule has 2 aromatic carbocycles. The van der Waals surface area contributed by atoms with Gasteiger partial charge in [0.2, 0.25) is 0 Å². The first-order valence-corrected chi connectivity index (χ1v) is 9.14. The quantitative estimate of drug-likeness (QED) is 0.760. The van der Waals surface area contributed by atoms with Crippen molar-refractivity contribution in [2.24, 2.45) is 0 Å². The van der Waals surface area contributed by atoms with Crippen molar-refractivity contribution in [3.05, 3.63) is 64.1 Å². The van der Waals surface area contributed by atoms with Crippen molar-refractivity contribution in [3.63, 3.8) is 0 Å². The van der Waals surface area contributed by atoms with Crippen LogP contribution >= 0.6 is 15.9 Å². The lowest BCUT2D eigenvalue weighted by atomic mass is 10.1. The van der Waals surface area contributed by atoms with Gasteiger partial charge < -0.3 is 15.5 Å². The van der Waals surface area contributed by atoms with E-state index in [1.807, 2.05) is 45.0 Å². The van der Waals surface area contributed by atoms with Gasteiger partial charge in [-0.25, -0.2) is 4.79 Å². The first-order chi connectivity index (χ1) is 12.2. The van der Waals surface area contributed by atoms with Gasteiger partial charge in [-0.05, 0) is 44.5 Å². The minimum atomic E-state index is -0.357. The minimum Gasteiger partial charge on any atom is -0.347 e. The predicted octanol–water partition coefficient (Wildman–Crippen LogP) is 4.64. The number of benzene rings is 2. The second kappa shape index (κ2) is 8.36. The zero-order valence-electron chi connectivity index (χ0n) is 15.5. The highest BCUT2D eigenvalue weighted by Gasteiger charge is 2.19. The van der Waals surface area contributed by atoms with Gasteiger partial charge in [-0.2, -0.15) is 0 Å². The van der Waals surface area contributed by atoms with Gasteiger partial charge in [-0.1, -0.05) is 46.3 Å². The van der Waals surface area contributed by atoms with E-state index in [2.05, 4.69) is 26.6 Å². The van der Waals surface area contributed by atoms with Crippen molar-refractivity contribution >= 4 is 33.6 Å². The average Bonchev–Trinajstić information content (AvgIpc) is 2.55. The molecule has 2 rings (SSSR count). The Bertz CT molecular complexity index is 800. The van der Waals surface area contributed by atoms with Crippen LogP contribution in [-0.4, -0.2) is 29.4 Å². The van der Waals surface area contributed by atoms with E-state index in [0.29, 0.717) is 17.8 Å². The van der Waals surface area contributed by atoms with Crippen LogP contribution in [0.4, 0.5) is 10.5 Å². The van der Waals surface area contributed by atoms with Crippen LogP contribution in [-0.2, 0) is 6.54 Å². The monoisotopic (exact) mass is 417 g/mol. The van der Waals surface area contributed by atoms with Crippen LogP contribution in [0.3, 0.4) is 0 Å². The molecule has 2 N–H and O–H groups in total. The van der Waals surface area contributed by atoms with Gasteiger partial charge in [-0.15, -0.1) is 0 Å². The third-order valence-corrected chi connectivity index (χ3v) is 4.39. The molecule has 0 bridgehead atoms. The molecular formula is C20H24BrN3O2. The number of amides is 3. The number of carbonyl (C=O) groups excluding carboxylic acids is 2. The van der Waals surface area contributed by atoms with Gasteiger partial charge >= 0.3 is 6.03 Å². The molecule has 0 saturated carbocycles. The smallest absolute Gasteiger partial charge is 0.321 e. The third-order valence-electron chi connectivity index (χ3n) is 3.61. The molecule has 0 saturated heterocycles. The van der Waals surface area contributed by atoms with E-state index in [9.17, 15) is 9.59 Å². The van der Waals surface area contributed by atoms with Crippen LogP contribution < -0.4 is 10.6 Å². The van der Waals surface area contributed by atoms with E-state index in [-0.39, 0.29) is 17.5 Å². The summed E-state index contributed by atoms with van der Waals surface area (Å²) < 4.78 is 0.949. The predicted molar refractivity (Wildman–Crippen MR) is 108 cm³/mol. The van der Waals surface area contributed by atoms with Crippen LogP contribution in [0, 0.1) is 0 Å². The van der Waals surface area contributed by atoms with E-state index in [1.54, 1.807) is 36.2 Å². The fourth-order valence-electron chi connectivity index (χ4n) is 2.36. The van der Waals surface area contributed by atoms with Gasteiger partial charge in [0, 0.05) is 23.6 Å². The molecule has 0 aromatic heterocycles. The molecule has 0 unspecified atom stereocenters. The lowest BCUT2D eigenvalue weighted by molar-refractivity contribution is 0.0920. The Kier molecular flexibility index (Phi) is 6.42. The molecular weight excluding hydrogens is 394 g/mol. The summed E-state index contributed by atoms with van der Waals surface area (Å²) in [6, 6.07) is 14.5. The fourth-order valence-corrected chi connectivity index (χ4v) is 2.77. The number of para-hydroxylation sites is 1. The molecule has 3 amide bonds. The Morgan fingerprint density at radius 3 is 2.31 bits per heavy atom. The molecule has 6 heteroatoms. The molecule has 0 spiro atoms. The first kappa shape index (κ1) is 20.0. The standard InChI is InChI=1S/C20H24BrN3O2/c1-20(2,3)23-18(25)15-10-6-8-12-17(15)22-19(26)24(4)13-14-9-5-7-11-16(14)21/h5-12H,13H2,1-4H3,(H,22,26)(H,23,25). The Labute approximate surface area is 162 Å². The molecule has 0 aliphatic heterocycles. The van der Waals surface area contributed by atoms with Crippen LogP contribution in [0.15, 0.2) is 53.0 Å². The summed E-state index contributed by atoms with van der Waals surface area (Å²) in [6.07, 6.45) is 0. The molecule has 0 aliphatic carbocycles. The number of halogens is 1. The van der Waals surface area contributed by atoms with Gasteiger partial charge in [0.25, 0.3) is 5.91 Å². The van der Waals surface area contributed by atoms with Crippen molar-refractivity contribution < 1.29 is 9.59 Å². The van der Waals surface area contributed by atoms with Gasteiger partial charge in [0.05, 0.1) is 11.3 Å². The lowest BCUT2D eigenvalue weighted by Crippen LogP contribution is -2.41. The highest BCUT2D eigenvalue weighted by molar-refractivity contribution is 9.10. The van der Waals surface area contributed by atoms with Crippen molar-refractivity contribution in [1.82, 2.24) is 10.2 Å². The third kappa shape index (κ3) is 5.59. The Morgan fingerprint density at radius 2 is 1.65 bits per heavy atom. The molecule has 138 valence electrons. The van der Waals surface area contributed by atoms with Crippen molar-refractivity contribution in [3.8, 4) is 0 Å². The fraction of sp³-hybridized carbons (Fsp3) is 0.300. The Balaban J connectivity index is 2.11. The molecule has 0 aliphatic rings. The summed E-state index contributed by atoms with van der Waals surface area (Å²) >= 11 is 3.49. The van der Waals surface area contributed by atoms with Crippen molar-refractivity contribution in [2.75, 3.05) is 12.4 Å². The summed E-state index contributed by atoms with van der Waals surface area (Å²) in [5, 5.41) is 5.74. The maximum absolute atomic E-state index is 12.6. The van der Waals surface area contributed by atoms with Gasteiger partial charge in [0.15, 0.2) is 0 Å². The highest BCUT2D eigenvalue weighted by atomic mass is 79.9. The molecule has 0 radical (unpaired) electrons. The van der Waals surface area contributed by atoms with E-state index in [0.717, 1.165) is 10.0 Å². The number of nitrogens with zero attached hydrogens (tertiary/aromatic N) is 1. The average molecular weight is 418 g/mol. The second-order valence-electron chi connectivity index (χ2n) is 7.13. The highest BCUT2D eigenvalue weighted by Crippen LogP contribution is 2.19. The van der Waals surface area contributed by atoms with Crippen LogP contribution in [0.1, 0.15) is 36.7 Å². The number of hydrogen-bond donors (Lipinski definition) is 2. The molecule has 2 aromatic rings. The Hall–Kier alpha value is -2.34. The zero-order chi connectivity index (χ0) is 19.3. The Morgan fingerprint density at radius 1 is 1.04 bits per heavy atom. The lowest BCUT2D eigenvalue weighted by Gasteiger charge is -2.23. The largest absolute Gasteiger partial charge is 0.347 e. The van der Waals surface area contributed by atoms with Gasteiger partial charge in [-0.3, -0.25) is 4.79 Å². The minimum absolute atomic E-state index is 0.221. The van der Waals surface area contributed by atoms with E-state index in [4.69, 9.17) is 0 Å². The number of hydrogen-bond acceptors (Lipinski definition) is 2. The first-order valence-electron chi connectivity index (χ1n) is 8.34. The van der Waals surface area contributed by atoms with Gasteiger partial charge in [0.1, 0.15) is 0 Å². The van der Waals surface area contributed by atoms with Crippen LogP contribution in [0.5, 0.6) is 0 Å². The van der Waals surface area contributed by atoms with Crippen LogP contribution in [0.25, 0.3) is 0 Å². The maximum Gasteiger partial charge on any atom is 0.321 e. The maximum atomic E-state index is 12.6. The number of nitrogens with one attached hydrogen (secondary N) is 2. The molecule has 26 heavy (non-hydrogen) atoms. The summed E-state index contributed by atoms with van der Waals surface area (Å²) in [5.41, 5.74) is 1.57.